The fraction of sp³-hybridized carbons (Fsp3) is 0.261. The lowest BCUT2D eigenvalue weighted by atomic mass is 10.0. The second-order valence-corrected chi connectivity index (χ2v) is 7.13. The van der Waals surface area contributed by atoms with Crippen LogP contribution in [0.1, 0.15) is 40.4 Å². The van der Waals surface area contributed by atoms with Crippen LogP contribution in [0, 0.1) is 0 Å². The highest BCUT2D eigenvalue weighted by atomic mass is 16.5. The van der Waals surface area contributed by atoms with Crippen LogP contribution in [0.2, 0.25) is 0 Å². The molecule has 1 amide bonds. The number of esters is 1. The first-order chi connectivity index (χ1) is 13.7. The summed E-state index contributed by atoms with van der Waals surface area (Å²) in [7, 11) is 1.33. The maximum Gasteiger partial charge on any atom is 0.328 e. The Morgan fingerprint density at radius 2 is 1.82 bits per heavy atom. The minimum atomic E-state index is -0.754. The lowest BCUT2D eigenvalue weighted by Gasteiger charge is -2.18. The Hall–Kier alpha value is -3.21. The molecule has 1 unspecified atom stereocenters. The summed E-state index contributed by atoms with van der Waals surface area (Å²) in [6.45, 7) is 0. The van der Waals surface area contributed by atoms with Crippen LogP contribution in [-0.4, -0.2) is 30.0 Å². The van der Waals surface area contributed by atoms with Crippen molar-refractivity contribution in [1.29, 1.82) is 0 Å². The third-order valence-corrected chi connectivity index (χ3v) is 5.05. The Morgan fingerprint density at radius 3 is 2.54 bits per heavy atom. The van der Waals surface area contributed by atoms with Gasteiger partial charge in [0.15, 0.2) is 0 Å². The van der Waals surface area contributed by atoms with E-state index < -0.39 is 12.0 Å². The molecule has 3 aromatic rings. The fourth-order valence-electron chi connectivity index (χ4n) is 3.39. The predicted molar refractivity (Wildman–Crippen MR) is 107 cm³/mol. The normalized spacial score (nSPS) is 14.5. The summed E-state index contributed by atoms with van der Waals surface area (Å²) in [5.41, 5.74) is 3.25. The molecule has 0 saturated heterocycles. The van der Waals surface area contributed by atoms with Crippen molar-refractivity contribution in [1.82, 2.24) is 10.3 Å². The van der Waals surface area contributed by atoms with Crippen LogP contribution in [-0.2, 0) is 16.0 Å². The second kappa shape index (κ2) is 7.80. The average Bonchev–Trinajstić information content (AvgIpc) is 3.58. The predicted octanol–water partition coefficient (Wildman–Crippen LogP) is 3.63. The third-order valence-electron chi connectivity index (χ3n) is 5.05. The van der Waals surface area contributed by atoms with Gasteiger partial charge in [-0.3, -0.25) is 9.78 Å². The first-order valence-electron chi connectivity index (χ1n) is 9.48. The number of pyridine rings is 1. The molecule has 142 valence electrons. The van der Waals surface area contributed by atoms with Crippen molar-refractivity contribution in [2.24, 2.45) is 0 Å². The first kappa shape index (κ1) is 18.2. The van der Waals surface area contributed by atoms with E-state index in [0.29, 0.717) is 17.9 Å². The zero-order chi connectivity index (χ0) is 19.5. The van der Waals surface area contributed by atoms with E-state index in [1.165, 1.54) is 7.11 Å². The molecule has 1 fully saturated rings. The van der Waals surface area contributed by atoms with Crippen molar-refractivity contribution < 1.29 is 14.3 Å². The SMILES string of the molecule is COC(=O)C(Cc1ccccc1)NC(=O)c1cc(C2CC2)nc2ccccc12. The molecule has 0 bridgehead atoms. The molecular weight excluding hydrogens is 352 g/mol. The van der Waals surface area contributed by atoms with Gasteiger partial charge >= 0.3 is 5.97 Å². The third kappa shape index (κ3) is 3.88. The van der Waals surface area contributed by atoms with Gasteiger partial charge in [-0.25, -0.2) is 4.79 Å². The van der Waals surface area contributed by atoms with E-state index in [1.54, 1.807) is 0 Å². The van der Waals surface area contributed by atoms with Crippen LogP contribution >= 0.6 is 0 Å². The number of amides is 1. The topological polar surface area (TPSA) is 68.3 Å². The number of para-hydroxylation sites is 1. The number of hydrogen-bond donors (Lipinski definition) is 1. The lowest BCUT2D eigenvalue weighted by molar-refractivity contribution is -0.142. The molecule has 0 spiro atoms. The monoisotopic (exact) mass is 374 g/mol. The van der Waals surface area contributed by atoms with Gasteiger partial charge in [-0.15, -0.1) is 0 Å². The molecule has 1 aliphatic carbocycles. The molecule has 1 heterocycles. The second-order valence-electron chi connectivity index (χ2n) is 7.13. The highest BCUT2D eigenvalue weighted by Crippen LogP contribution is 2.40. The highest BCUT2D eigenvalue weighted by molar-refractivity contribution is 6.07. The Kier molecular flexibility index (Phi) is 5.06. The number of benzene rings is 2. The molecule has 0 radical (unpaired) electrons. The minimum absolute atomic E-state index is 0.285. The van der Waals surface area contributed by atoms with Gasteiger partial charge in [0.1, 0.15) is 6.04 Å². The number of nitrogens with zero attached hydrogens (tertiary/aromatic N) is 1. The summed E-state index contributed by atoms with van der Waals surface area (Å²) in [5.74, 6) is -0.318. The van der Waals surface area contributed by atoms with Gasteiger partial charge in [-0.2, -0.15) is 0 Å². The standard InChI is InChI=1S/C23H22N2O3/c1-28-23(27)21(13-15-7-3-2-4-8-15)25-22(26)18-14-20(16-11-12-16)24-19-10-6-5-9-17(18)19/h2-10,14,16,21H,11-13H2,1H3,(H,25,26). The van der Waals surface area contributed by atoms with E-state index >= 15 is 0 Å². The van der Waals surface area contributed by atoms with Crippen LogP contribution < -0.4 is 5.32 Å². The molecule has 1 N–H and O–H groups in total. The zero-order valence-electron chi connectivity index (χ0n) is 15.7. The number of aromatic nitrogens is 1. The maximum atomic E-state index is 13.1. The average molecular weight is 374 g/mol. The summed E-state index contributed by atoms with van der Waals surface area (Å²) in [5, 5.41) is 3.65. The first-order valence-corrected chi connectivity index (χ1v) is 9.48. The van der Waals surface area contributed by atoms with Crippen molar-refractivity contribution in [3.05, 3.63) is 77.5 Å². The van der Waals surface area contributed by atoms with Gasteiger partial charge in [-0.1, -0.05) is 48.5 Å². The van der Waals surface area contributed by atoms with Crippen molar-refractivity contribution in [2.45, 2.75) is 31.2 Å². The Morgan fingerprint density at radius 1 is 1.11 bits per heavy atom. The number of carbonyl (C=O) groups excluding carboxylic acids is 2. The van der Waals surface area contributed by atoms with Crippen molar-refractivity contribution in [2.75, 3.05) is 7.11 Å². The summed E-state index contributed by atoms with van der Waals surface area (Å²) in [6.07, 6.45) is 2.58. The maximum absolute atomic E-state index is 13.1. The number of nitrogens with one attached hydrogen (secondary N) is 1. The molecule has 4 rings (SSSR count). The molecule has 5 nitrogen and oxygen atoms in total. The quantitative estimate of drug-likeness (QED) is 0.669. The minimum Gasteiger partial charge on any atom is -0.467 e. The van der Waals surface area contributed by atoms with Crippen LogP contribution in [0.5, 0.6) is 0 Å². The molecule has 2 aromatic carbocycles. The van der Waals surface area contributed by atoms with Crippen LogP contribution in [0.3, 0.4) is 0 Å². The van der Waals surface area contributed by atoms with Crippen LogP contribution in [0.4, 0.5) is 0 Å². The Labute approximate surface area is 163 Å². The van der Waals surface area contributed by atoms with Crippen LogP contribution in [0.25, 0.3) is 10.9 Å². The van der Waals surface area contributed by atoms with Gasteiger partial charge in [0.25, 0.3) is 5.91 Å². The van der Waals surface area contributed by atoms with Gasteiger partial charge in [0.2, 0.25) is 0 Å². The van der Waals surface area contributed by atoms with Gasteiger partial charge in [-0.05, 0) is 30.5 Å². The number of rotatable bonds is 6. The molecule has 1 saturated carbocycles. The highest BCUT2D eigenvalue weighted by Gasteiger charge is 2.28. The summed E-state index contributed by atoms with van der Waals surface area (Å²) in [6, 6.07) is 18.3. The van der Waals surface area contributed by atoms with E-state index in [0.717, 1.165) is 35.0 Å². The van der Waals surface area contributed by atoms with Gasteiger partial charge in [0, 0.05) is 23.4 Å². The number of hydrogen-bond acceptors (Lipinski definition) is 4. The Balaban J connectivity index is 1.64. The molecule has 5 heteroatoms. The number of ether oxygens (including phenoxy) is 1. The number of carbonyl (C=O) groups is 2. The van der Waals surface area contributed by atoms with Gasteiger partial charge < -0.3 is 10.1 Å². The van der Waals surface area contributed by atoms with E-state index in [1.807, 2.05) is 60.7 Å². The van der Waals surface area contributed by atoms with Crippen molar-refractivity contribution in [3.8, 4) is 0 Å². The number of fused-ring (bicyclic) bond motifs is 1. The summed E-state index contributed by atoms with van der Waals surface area (Å²) < 4.78 is 4.91. The van der Waals surface area contributed by atoms with Crippen LogP contribution in [0.15, 0.2) is 60.7 Å². The molecule has 1 atom stereocenters. The number of methoxy groups -OCH3 is 1. The smallest absolute Gasteiger partial charge is 0.328 e. The molecule has 1 aliphatic rings. The summed E-state index contributed by atoms with van der Waals surface area (Å²) >= 11 is 0. The molecule has 1 aromatic heterocycles. The van der Waals surface area contributed by atoms with Crippen molar-refractivity contribution in [3.63, 3.8) is 0 Å². The Bertz CT molecular complexity index is 1010. The molecule has 28 heavy (non-hydrogen) atoms. The van der Waals surface area contributed by atoms with Crippen molar-refractivity contribution >= 4 is 22.8 Å². The fourth-order valence-corrected chi connectivity index (χ4v) is 3.39. The molecular formula is C23H22N2O3. The van der Waals surface area contributed by atoms with E-state index in [2.05, 4.69) is 5.32 Å². The van der Waals surface area contributed by atoms with E-state index in [9.17, 15) is 9.59 Å². The summed E-state index contributed by atoms with van der Waals surface area (Å²) in [4.78, 5) is 30.1. The zero-order valence-corrected chi connectivity index (χ0v) is 15.7. The largest absolute Gasteiger partial charge is 0.467 e. The van der Waals surface area contributed by atoms with Gasteiger partial charge in [0.05, 0.1) is 18.2 Å². The van der Waals surface area contributed by atoms with E-state index in [4.69, 9.17) is 9.72 Å². The van der Waals surface area contributed by atoms with E-state index in [-0.39, 0.29) is 5.91 Å². The molecule has 0 aliphatic heterocycles. The lowest BCUT2D eigenvalue weighted by Crippen LogP contribution is -2.43.